The number of rotatable bonds is 4. The molecule has 1 N–H and O–H groups in total. The topological polar surface area (TPSA) is 113 Å². The fraction of sp³-hybridized carbons (Fsp3) is 0.474. The van der Waals surface area contributed by atoms with Gasteiger partial charge in [0.1, 0.15) is 0 Å². The Morgan fingerprint density at radius 3 is 2.64 bits per heavy atom. The van der Waals surface area contributed by atoms with Crippen molar-refractivity contribution in [1.82, 2.24) is 9.80 Å². The van der Waals surface area contributed by atoms with Crippen LogP contribution in [0.3, 0.4) is 0 Å². The Balaban J connectivity index is 1.57. The zero-order valence-corrected chi connectivity index (χ0v) is 15.1. The van der Waals surface area contributed by atoms with E-state index in [9.17, 15) is 24.3 Å². The van der Waals surface area contributed by atoms with Crippen molar-refractivity contribution in [3.8, 4) is 0 Å². The van der Waals surface area contributed by atoms with Crippen LogP contribution in [0.2, 0.25) is 0 Å². The van der Waals surface area contributed by atoms with E-state index in [0.717, 1.165) is 17.7 Å². The summed E-state index contributed by atoms with van der Waals surface area (Å²) in [4.78, 5) is 51.9. The molecule has 2 unspecified atom stereocenters. The minimum atomic E-state index is -1.15. The number of morpholine rings is 1. The second kappa shape index (κ2) is 7.33. The van der Waals surface area contributed by atoms with Crippen molar-refractivity contribution in [1.29, 1.82) is 0 Å². The van der Waals surface area contributed by atoms with Crippen LogP contribution in [-0.4, -0.2) is 83.7 Å². The van der Waals surface area contributed by atoms with E-state index in [4.69, 9.17) is 9.47 Å². The molecule has 2 fully saturated rings. The van der Waals surface area contributed by atoms with Crippen LogP contribution in [0.5, 0.6) is 0 Å². The number of nitrogens with zero attached hydrogens (tertiary/aromatic N) is 2. The second-order valence-electron chi connectivity index (χ2n) is 7.04. The summed E-state index contributed by atoms with van der Waals surface area (Å²) in [5.74, 6) is -2.51. The number of carboxylic acid groups (broad SMARTS) is 1. The molecule has 0 saturated carbocycles. The monoisotopic (exact) mass is 388 g/mol. The lowest BCUT2D eigenvalue weighted by Gasteiger charge is -2.32. The molecular weight excluding hydrogens is 368 g/mol. The van der Waals surface area contributed by atoms with Crippen LogP contribution in [-0.2, 0) is 14.3 Å². The number of carbonyl (C=O) groups is 4. The molecule has 3 aliphatic heterocycles. The number of carbonyl (C=O) groups excluding carboxylic acids is 3. The van der Waals surface area contributed by atoms with E-state index in [1.54, 1.807) is 0 Å². The molecule has 3 amide bonds. The molecule has 0 radical (unpaired) electrons. The van der Waals surface area contributed by atoms with Gasteiger partial charge in [0.2, 0.25) is 0 Å². The summed E-state index contributed by atoms with van der Waals surface area (Å²) >= 11 is 0. The van der Waals surface area contributed by atoms with Gasteiger partial charge in [-0.3, -0.25) is 19.3 Å². The van der Waals surface area contributed by atoms with Crippen LogP contribution in [0.25, 0.3) is 0 Å². The summed E-state index contributed by atoms with van der Waals surface area (Å²) in [6.07, 6.45) is 1.54. The summed E-state index contributed by atoms with van der Waals surface area (Å²) in [6, 6.07) is 3.20. The number of hydrogen-bond acceptors (Lipinski definition) is 6. The lowest BCUT2D eigenvalue weighted by atomic mass is 10.0. The van der Waals surface area contributed by atoms with Gasteiger partial charge < -0.3 is 19.5 Å². The second-order valence-corrected chi connectivity index (χ2v) is 7.04. The highest BCUT2D eigenvalue weighted by Crippen LogP contribution is 2.27. The molecule has 9 heteroatoms. The van der Waals surface area contributed by atoms with E-state index >= 15 is 0 Å². The number of fused-ring (bicyclic) bond motifs is 1. The molecule has 0 aliphatic carbocycles. The Bertz CT molecular complexity index is 847. The summed E-state index contributed by atoms with van der Waals surface area (Å²) in [6.45, 7) is 1.12. The molecule has 1 aromatic rings. The Labute approximate surface area is 160 Å². The first-order valence-corrected chi connectivity index (χ1v) is 9.20. The lowest BCUT2D eigenvalue weighted by molar-refractivity contribution is -0.147. The number of benzene rings is 1. The van der Waals surface area contributed by atoms with Crippen LogP contribution < -0.4 is 0 Å². The summed E-state index contributed by atoms with van der Waals surface area (Å²) in [5, 5.41) is 9.32. The van der Waals surface area contributed by atoms with E-state index in [0.29, 0.717) is 6.61 Å². The Kier molecular flexibility index (Phi) is 4.86. The molecule has 0 aromatic heterocycles. The van der Waals surface area contributed by atoms with Crippen molar-refractivity contribution in [3.05, 3.63) is 34.9 Å². The molecule has 1 aromatic carbocycles. The van der Waals surface area contributed by atoms with Gasteiger partial charge in [-0.2, -0.15) is 0 Å². The van der Waals surface area contributed by atoms with E-state index in [1.165, 1.54) is 23.1 Å². The van der Waals surface area contributed by atoms with E-state index in [2.05, 4.69) is 0 Å². The number of hydrogen-bond donors (Lipinski definition) is 1. The van der Waals surface area contributed by atoms with Gasteiger partial charge in [0.25, 0.3) is 17.7 Å². The standard InChI is InChI=1S/C19H20N2O7/c22-16(20-5-7-27-10-15(20)19(25)26)11-3-4-13-14(8-11)18(24)21(17(13)23)9-12-2-1-6-28-12/h3-4,8,12,15H,1-2,5-7,9-10H2,(H,25,26). The van der Waals surface area contributed by atoms with Gasteiger partial charge in [-0.15, -0.1) is 0 Å². The summed E-state index contributed by atoms with van der Waals surface area (Å²) in [7, 11) is 0. The fourth-order valence-electron chi connectivity index (χ4n) is 3.80. The maximum Gasteiger partial charge on any atom is 0.328 e. The van der Waals surface area contributed by atoms with Crippen LogP contribution in [0, 0.1) is 0 Å². The van der Waals surface area contributed by atoms with E-state index < -0.39 is 29.7 Å². The first kappa shape index (κ1) is 18.6. The molecule has 28 heavy (non-hydrogen) atoms. The Morgan fingerprint density at radius 1 is 1.14 bits per heavy atom. The van der Waals surface area contributed by atoms with E-state index in [-0.39, 0.29) is 49.1 Å². The fourth-order valence-corrected chi connectivity index (χ4v) is 3.80. The first-order chi connectivity index (χ1) is 13.5. The van der Waals surface area contributed by atoms with Crippen molar-refractivity contribution >= 4 is 23.7 Å². The van der Waals surface area contributed by atoms with Gasteiger partial charge in [0.15, 0.2) is 6.04 Å². The smallest absolute Gasteiger partial charge is 0.328 e. The average Bonchev–Trinajstić information content (AvgIpc) is 3.30. The number of imide groups is 1. The van der Waals surface area contributed by atoms with E-state index in [1.807, 2.05) is 0 Å². The van der Waals surface area contributed by atoms with Crippen LogP contribution in [0.1, 0.15) is 43.9 Å². The molecule has 2 saturated heterocycles. The maximum atomic E-state index is 12.8. The van der Waals surface area contributed by atoms with Crippen LogP contribution in [0.4, 0.5) is 0 Å². The number of carboxylic acids is 1. The third kappa shape index (κ3) is 3.16. The van der Waals surface area contributed by atoms with Gasteiger partial charge in [0, 0.05) is 18.7 Å². The molecule has 9 nitrogen and oxygen atoms in total. The van der Waals surface area contributed by atoms with Gasteiger partial charge in [0.05, 0.1) is 37.0 Å². The molecule has 148 valence electrons. The molecular formula is C19H20N2O7. The summed E-state index contributed by atoms with van der Waals surface area (Å²) < 4.78 is 10.7. The molecule has 0 spiro atoms. The number of ether oxygens (including phenoxy) is 2. The molecule has 0 bridgehead atoms. The van der Waals surface area contributed by atoms with Crippen molar-refractivity contribution in [3.63, 3.8) is 0 Å². The van der Waals surface area contributed by atoms with Crippen molar-refractivity contribution < 1.29 is 33.8 Å². The highest BCUT2D eigenvalue weighted by atomic mass is 16.5. The quantitative estimate of drug-likeness (QED) is 0.742. The zero-order chi connectivity index (χ0) is 19.8. The maximum absolute atomic E-state index is 12.8. The third-order valence-electron chi connectivity index (χ3n) is 5.30. The van der Waals surface area contributed by atoms with Crippen LogP contribution >= 0.6 is 0 Å². The first-order valence-electron chi connectivity index (χ1n) is 9.20. The Morgan fingerprint density at radius 2 is 1.93 bits per heavy atom. The van der Waals surface area contributed by atoms with Gasteiger partial charge >= 0.3 is 5.97 Å². The van der Waals surface area contributed by atoms with Gasteiger partial charge in [-0.05, 0) is 31.0 Å². The number of amides is 3. The molecule has 4 rings (SSSR count). The summed E-state index contributed by atoms with van der Waals surface area (Å²) in [5.41, 5.74) is 0.581. The minimum absolute atomic E-state index is 0.0847. The molecule has 2 atom stereocenters. The predicted octanol–water partition coefficient (Wildman–Crippen LogP) is 0.387. The normalized spacial score (nSPS) is 24.6. The van der Waals surface area contributed by atoms with Crippen molar-refractivity contribution in [2.45, 2.75) is 25.0 Å². The van der Waals surface area contributed by atoms with Crippen molar-refractivity contribution in [2.24, 2.45) is 0 Å². The van der Waals surface area contributed by atoms with Crippen molar-refractivity contribution in [2.75, 3.05) is 32.9 Å². The van der Waals surface area contributed by atoms with Gasteiger partial charge in [-0.25, -0.2) is 4.79 Å². The minimum Gasteiger partial charge on any atom is -0.480 e. The highest BCUT2D eigenvalue weighted by molar-refractivity contribution is 6.22. The zero-order valence-electron chi connectivity index (χ0n) is 15.1. The largest absolute Gasteiger partial charge is 0.480 e. The lowest BCUT2D eigenvalue weighted by Crippen LogP contribution is -2.52. The predicted molar refractivity (Wildman–Crippen MR) is 94.1 cm³/mol. The average molecular weight is 388 g/mol. The SMILES string of the molecule is O=C(O)C1COCCN1C(=O)c1ccc2c(c1)C(=O)N(CC1CCCO1)C2=O. The molecule has 3 aliphatic rings. The van der Waals surface area contributed by atoms with Gasteiger partial charge in [-0.1, -0.05) is 0 Å². The Hall–Kier alpha value is -2.78. The van der Waals surface area contributed by atoms with Crippen LogP contribution in [0.15, 0.2) is 18.2 Å². The highest BCUT2D eigenvalue weighted by Gasteiger charge is 2.39. The molecule has 3 heterocycles. The number of aliphatic carboxylic acids is 1. The third-order valence-corrected chi connectivity index (χ3v) is 5.30.